The first-order chi connectivity index (χ1) is 9.22. The molecule has 1 atom stereocenters. The number of carbonyl (C=O) groups is 1. The molecule has 6 heteroatoms. The fourth-order valence-electron chi connectivity index (χ4n) is 2.99. The Kier molecular flexibility index (Phi) is 5.43. The second-order valence-electron chi connectivity index (χ2n) is 5.57. The summed E-state index contributed by atoms with van der Waals surface area (Å²) in [6.45, 7) is 4.07. The van der Waals surface area contributed by atoms with Gasteiger partial charge in [-0.2, -0.15) is 0 Å². The zero-order valence-corrected chi connectivity index (χ0v) is 13.2. The van der Waals surface area contributed by atoms with Crippen LogP contribution in [0.1, 0.15) is 23.3 Å². The summed E-state index contributed by atoms with van der Waals surface area (Å²) in [4.78, 5) is 18.0. The van der Waals surface area contributed by atoms with Crippen LogP contribution in [-0.4, -0.2) is 47.9 Å². The summed E-state index contributed by atoms with van der Waals surface area (Å²) in [5.74, 6) is 0.256. The standard InChI is InChI=1S/C14H21N3OS.ClH/c15-12-2-1-5-16(9-12)10-14(18)17-6-3-13-11(8-17)4-7-19-13;/h4,7,12H,1-3,5-6,8-10,15H2;1H. The first kappa shape index (κ1) is 15.8. The largest absolute Gasteiger partial charge is 0.337 e. The minimum Gasteiger partial charge on any atom is -0.337 e. The van der Waals surface area contributed by atoms with Crippen molar-refractivity contribution in [3.05, 3.63) is 21.9 Å². The molecule has 1 unspecified atom stereocenters. The normalized spacial score (nSPS) is 23.1. The van der Waals surface area contributed by atoms with Crippen LogP contribution in [0.15, 0.2) is 11.4 Å². The molecule has 4 nitrogen and oxygen atoms in total. The number of likely N-dealkylation sites (tertiary alicyclic amines) is 1. The molecule has 3 heterocycles. The molecule has 3 rings (SSSR count). The zero-order valence-electron chi connectivity index (χ0n) is 11.6. The summed E-state index contributed by atoms with van der Waals surface area (Å²) in [5.41, 5.74) is 7.30. The molecule has 112 valence electrons. The Morgan fingerprint density at radius 2 is 2.30 bits per heavy atom. The number of nitrogens with zero attached hydrogens (tertiary/aromatic N) is 2. The molecule has 2 N–H and O–H groups in total. The van der Waals surface area contributed by atoms with Gasteiger partial charge in [0.2, 0.25) is 5.91 Å². The maximum atomic E-state index is 12.4. The Labute approximate surface area is 130 Å². The molecular weight excluding hydrogens is 294 g/mol. The van der Waals surface area contributed by atoms with E-state index in [1.807, 2.05) is 16.2 Å². The van der Waals surface area contributed by atoms with Gasteiger partial charge in [-0.15, -0.1) is 23.7 Å². The lowest BCUT2D eigenvalue weighted by molar-refractivity contribution is -0.133. The number of rotatable bonds is 2. The summed E-state index contributed by atoms with van der Waals surface area (Å²) in [7, 11) is 0. The molecule has 20 heavy (non-hydrogen) atoms. The third-order valence-electron chi connectivity index (χ3n) is 4.06. The van der Waals surface area contributed by atoms with E-state index in [9.17, 15) is 4.79 Å². The van der Waals surface area contributed by atoms with Gasteiger partial charge in [0, 0.05) is 30.6 Å². The van der Waals surface area contributed by atoms with Crippen LogP contribution in [0.2, 0.25) is 0 Å². The minimum atomic E-state index is 0. The van der Waals surface area contributed by atoms with Gasteiger partial charge in [-0.25, -0.2) is 0 Å². The van der Waals surface area contributed by atoms with E-state index in [1.54, 1.807) is 0 Å². The Morgan fingerprint density at radius 3 is 3.10 bits per heavy atom. The maximum Gasteiger partial charge on any atom is 0.237 e. The number of halogens is 1. The average Bonchev–Trinajstić information content (AvgIpc) is 2.85. The van der Waals surface area contributed by atoms with Crippen molar-refractivity contribution in [3.63, 3.8) is 0 Å². The molecule has 1 aromatic heterocycles. The Balaban J connectivity index is 0.00000147. The number of carbonyl (C=O) groups excluding carboxylic acids is 1. The van der Waals surface area contributed by atoms with E-state index in [4.69, 9.17) is 5.73 Å². The number of amides is 1. The molecule has 0 radical (unpaired) electrons. The van der Waals surface area contributed by atoms with Crippen molar-refractivity contribution in [1.29, 1.82) is 0 Å². The Hall–Kier alpha value is -0.620. The van der Waals surface area contributed by atoms with Crippen molar-refractivity contribution in [3.8, 4) is 0 Å². The number of hydrogen-bond acceptors (Lipinski definition) is 4. The van der Waals surface area contributed by atoms with Crippen LogP contribution in [0.4, 0.5) is 0 Å². The molecule has 0 bridgehead atoms. The van der Waals surface area contributed by atoms with Crippen LogP contribution in [0.25, 0.3) is 0 Å². The van der Waals surface area contributed by atoms with E-state index in [-0.39, 0.29) is 24.4 Å². The molecule has 0 aromatic carbocycles. The molecule has 0 aliphatic carbocycles. The second-order valence-corrected chi connectivity index (χ2v) is 6.57. The highest BCUT2D eigenvalue weighted by atomic mass is 35.5. The van der Waals surface area contributed by atoms with E-state index in [0.29, 0.717) is 6.54 Å². The van der Waals surface area contributed by atoms with Gasteiger partial charge < -0.3 is 10.6 Å². The van der Waals surface area contributed by atoms with Crippen molar-refractivity contribution in [2.24, 2.45) is 5.73 Å². The third kappa shape index (κ3) is 3.52. The van der Waals surface area contributed by atoms with E-state index in [2.05, 4.69) is 16.3 Å². The highest BCUT2D eigenvalue weighted by Gasteiger charge is 2.24. The first-order valence-electron chi connectivity index (χ1n) is 7.03. The number of nitrogens with two attached hydrogens (primary N) is 1. The van der Waals surface area contributed by atoms with Crippen LogP contribution in [0, 0.1) is 0 Å². The van der Waals surface area contributed by atoms with Crippen LogP contribution in [0.5, 0.6) is 0 Å². The summed E-state index contributed by atoms with van der Waals surface area (Å²) >= 11 is 1.81. The molecule has 1 saturated heterocycles. The number of thiophene rings is 1. The van der Waals surface area contributed by atoms with Gasteiger partial charge in [0.05, 0.1) is 6.54 Å². The van der Waals surface area contributed by atoms with Crippen LogP contribution >= 0.6 is 23.7 Å². The number of piperidine rings is 1. The molecule has 2 aliphatic heterocycles. The first-order valence-corrected chi connectivity index (χ1v) is 7.91. The van der Waals surface area contributed by atoms with Crippen LogP contribution < -0.4 is 5.73 Å². The van der Waals surface area contributed by atoms with Gasteiger partial charge in [-0.3, -0.25) is 9.69 Å². The summed E-state index contributed by atoms with van der Waals surface area (Å²) in [6, 6.07) is 2.39. The number of hydrogen-bond donors (Lipinski definition) is 1. The van der Waals surface area contributed by atoms with E-state index in [1.165, 1.54) is 10.4 Å². The lowest BCUT2D eigenvalue weighted by atomic mass is 10.1. The topological polar surface area (TPSA) is 49.6 Å². The Morgan fingerprint density at radius 1 is 1.45 bits per heavy atom. The molecule has 1 fully saturated rings. The predicted molar refractivity (Wildman–Crippen MR) is 84.3 cm³/mol. The quantitative estimate of drug-likeness (QED) is 0.899. The molecule has 2 aliphatic rings. The van der Waals surface area contributed by atoms with Gasteiger partial charge in [0.25, 0.3) is 0 Å². The van der Waals surface area contributed by atoms with Gasteiger partial charge in [-0.1, -0.05) is 0 Å². The molecule has 0 saturated carbocycles. The average molecular weight is 316 g/mol. The molecular formula is C14H22ClN3OS. The fourth-order valence-corrected chi connectivity index (χ4v) is 3.88. The lowest BCUT2D eigenvalue weighted by Crippen LogP contribution is -2.48. The molecule has 0 spiro atoms. The van der Waals surface area contributed by atoms with E-state index in [0.717, 1.165) is 45.4 Å². The zero-order chi connectivity index (χ0) is 13.2. The van der Waals surface area contributed by atoms with Gasteiger partial charge in [-0.05, 0) is 42.8 Å². The van der Waals surface area contributed by atoms with Crippen molar-refractivity contribution < 1.29 is 4.79 Å². The van der Waals surface area contributed by atoms with Gasteiger partial charge in [0.1, 0.15) is 0 Å². The number of fused-ring (bicyclic) bond motifs is 1. The van der Waals surface area contributed by atoms with Crippen molar-refractivity contribution in [2.75, 3.05) is 26.2 Å². The van der Waals surface area contributed by atoms with Crippen LogP contribution in [-0.2, 0) is 17.8 Å². The lowest BCUT2D eigenvalue weighted by Gasteiger charge is -2.33. The van der Waals surface area contributed by atoms with Crippen molar-refractivity contribution in [2.45, 2.75) is 31.8 Å². The minimum absolute atomic E-state index is 0. The maximum absolute atomic E-state index is 12.4. The third-order valence-corrected chi connectivity index (χ3v) is 5.08. The smallest absolute Gasteiger partial charge is 0.237 e. The van der Waals surface area contributed by atoms with E-state index >= 15 is 0 Å². The Bertz CT molecular complexity index is 465. The second kappa shape index (κ2) is 6.89. The summed E-state index contributed by atoms with van der Waals surface area (Å²) < 4.78 is 0. The highest BCUT2D eigenvalue weighted by Crippen LogP contribution is 2.24. The van der Waals surface area contributed by atoms with Gasteiger partial charge in [0.15, 0.2) is 0 Å². The van der Waals surface area contributed by atoms with Crippen molar-refractivity contribution in [1.82, 2.24) is 9.80 Å². The molecule has 1 aromatic rings. The van der Waals surface area contributed by atoms with Crippen LogP contribution in [0.3, 0.4) is 0 Å². The van der Waals surface area contributed by atoms with E-state index < -0.39 is 0 Å². The summed E-state index contributed by atoms with van der Waals surface area (Å²) in [6.07, 6.45) is 3.22. The molecule has 1 amide bonds. The summed E-state index contributed by atoms with van der Waals surface area (Å²) in [5, 5.41) is 2.13. The monoisotopic (exact) mass is 315 g/mol. The van der Waals surface area contributed by atoms with Crippen molar-refractivity contribution >= 4 is 29.7 Å². The highest BCUT2D eigenvalue weighted by molar-refractivity contribution is 7.10. The SMILES string of the molecule is Cl.NC1CCCN(CC(=O)N2CCc3sccc3C2)C1. The predicted octanol–water partition coefficient (Wildman–Crippen LogP) is 1.48. The van der Waals surface area contributed by atoms with Gasteiger partial charge >= 0.3 is 0 Å². The fraction of sp³-hybridized carbons (Fsp3) is 0.643.